The fraction of sp³-hybridized carbons (Fsp3) is 0.0667. The van der Waals surface area contributed by atoms with Crippen molar-refractivity contribution in [2.75, 3.05) is 0 Å². The van der Waals surface area contributed by atoms with Crippen LogP contribution in [0.2, 0.25) is 0 Å². The van der Waals surface area contributed by atoms with E-state index in [1.807, 2.05) is 0 Å². The number of ether oxygens (including phenoxy) is 1. The molecule has 0 unspecified atom stereocenters. The standard InChI is InChI=1S/C15H8F3NO3/c16-10-5-2-6-11-12(10)14(20)22-13(19-11)8-3-1-4-9(7-8)21-15(17)18/h1-7,15H. The Hall–Kier alpha value is -2.83. The van der Waals surface area contributed by atoms with E-state index in [-0.39, 0.29) is 28.1 Å². The fourth-order valence-electron chi connectivity index (χ4n) is 2.01. The molecule has 22 heavy (non-hydrogen) atoms. The molecular formula is C15H8F3NO3. The third kappa shape index (κ3) is 2.65. The summed E-state index contributed by atoms with van der Waals surface area (Å²) >= 11 is 0. The molecule has 0 radical (unpaired) electrons. The molecule has 0 fully saturated rings. The van der Waals surface area contributed by atoms with Gasteiger partial charge in [0.05, 0.1) is 5.52 Å². The first-order valence-corrected chi connectivity index (χ1v) is 6.19. The number of halogens is 3. The quantitative estimate of drug-likeness (QED) is 0.742. The van der Waals surface area contributed by atoms with Crippen LogP contribution >= 0.6 is 0 Å². The first-order valence-electron chi connectivity index (χ1n) is 6.19. The summed E-state index contributed by atoms with van der Waals surface area (Å²) in [6, 6.07) is 9.52. The van der Waals surface area contributed by atoms with Crippen molar-refractivity contribution >= 4 is 10.9 Å². The van der Waals surface area contributed by atoms with Crippen molar-refractivity contribution in [3.8, 4) is 17.2 Å². The van der Waals surface area contributed by atoms with E-state index in [9.17, 15) is 18.0 Å². The van der Waals surface area contributed by atoms with Crippen LogP contribution in [0.5, 0.6) is 5.75 Å². The van der Waals surface area contributed by atoms with Crippen LogP contribution in [0.1, 0.15) is 0 Å². The van der Waals surface area contributed by atoms with Crippen LogP contribution in [0.15, 0.2) is 51.7 Å². The molecule has 0 saturated heterocycles. The molecule has 0 N–H and O–H groups in total. The van der Waals surface area contributed by atoms with Crippen LogP contribution in [0, 0.1) is 5.82 Å². The molecule has 0 aliphatic heterocycles. The zero-order chi connectivity index (χ0) is 15.7. The predicted octanol–water partition coefficient (Wildman–Crippen LogP) is 3.60. The van der Waals surface area contributed by atoms with E-state index in [1.165, 1.54) is 36.4 Å². The normalized spacial score (nSPS) is 11.1. The number of hydrogen-bond donors (Lipinski definition) is 0. The van der Waals surface area contributed by atoms with Gasteiger partial charge >= 0.3 is 12.2 Å². The van der Waals surface area contributed by atoms with Gasteiger partial charge in [-0.25, -0.2) is 14.2 Å². The van der Waals surface area contributed by atoms with Crippen molar-refractivity contribution in [1.29, 1.82) is 0 Å². The largest absolute Gasteiger partial charge is 0.435 e. The van der Waals surface area contributed by atoms with Crippen molar-refractivity contribution in [2.45, 2.75) is 6.61 Å². The van der Waals surface area contributed by atoms with E-state index in [2.05, 4.69) is 9.72 Å². The van der Waals surface area contributed by atoms with E-state index in [4.69, 9.17) is 4.42 Å². The van der Waals surface area contributed by atoms with Crippen LogP contribution in [-0.4, -0.2) is 11.6 Å². The predicted molar refractivity (Wildman–Crippen MR) is 72.3 cm³/mol. The highest BCUT2D eigenvalue weighted by Gasteiger charge is 2.13. The van der Waals surface area contributed by atoms with Crippen molar-refractivity contribution in [3.05, 3.63) is 58.7 Å². The molecule has 1 aromatic heterocycles. The Balaban J connectivity index is 2.13. The molecule has 0 amide bonds. The average Bonchev–Trinajstić information content (AvgIpc) is 2.46. The SMILES string of the molecule is O=c1oc(-c2cccc(OC(F)F)c2)nc2cccc(F)c12. The Morgan fingerprint density at radius 2 is 1.91 bits per heavy atom. The number of hydrogen-bond acceptors (Lipinski definition) is 4. The molecule has 4 nitrogen and oxygen atoms in total. The maximum atomic E-state index is 13.6. The van der Waals surface area contributed by atoms with Crippen LogP contribution in [0.4, 0.5) is 13.2 Å². The maximum Gasteiger partial charge on any atom is 0.387 e. The Kier molecular flexibility index (Phi) is 3.54. The third-order valence-electron chi connectivity index (χ3n) is 2.91. The topological polar surface area (TPSA) is 52.3 Å². The molecule has 2 aromatic carbocycles. The number of alkyl halides is 2. The Bertz CT molecular complexity index is 893. The van der Waals surface area contributed by atoms with Crippen molar-refractivity contribution < 1.29 is 22.3 Å². The smallest absolute Gasteiger partial charge is 0.387 e. The van der Waals surface area contributed by atoms with Crippen molar-refractivity contribution in [3.63, 3.8) is 0 Å². The van der Waals surface area contributed by atoms with Gasteiger partial charge < -0.3 is 9.15 Å². The molecule has 0 bridgehead atoms. The molecular weight excluding hydrogens is 299 g/mol. The fourth-order valence-corrected chi connectivity index (χ4v) is 2.01. The van der Waals surface area contributed by atoms with Gasteiger partial charge in [-0.2, -0.15) is 8.78 Å². The van der Waals surface area contributed by atoms with E-state index in [0.29, 0.717) is 0 Å². The van der Waals surface area contributed by atoms with Gasteiger partial charge in [-0.3, -0.25) is 0 Å². The van der Waals surface area contributed by atoms with E-state index in [0.717, 1.165) is 6.07 Å². The number of benzene rings is 2. The molecule has 112 valence electrons. The lowest BCUT2D eigenvalue weighted by molar-refractivity contribution is -0.0498. The molecule has 7 heteroatoms. The number of nitrogens with zero attached hydrogens (tertiary/aromatic N) is 1. The van der Waals surface area contributed by atoms with Crippen molar-refractivity contribution in [2.24, 2.45) is 0 Å². The average molecular weight is 307 g/mol. The van der Waals surface area contributed by atoms with Gasteiger partial charge in [0.2, 0.25) is 5.89 Å². The van der Waals surface area contributed by atoms with Crippen LogP contribution in [0.3, 0.4) is 0 Å². The first kappa shape index (κ1) is 14.1. The minimum absolute atomic E-state index is 0.101. The molecule has 0 atom stereocenters. The zero-order valence-electron chi connectivity index (χ0n) is 10.9. The molecule has 0 aliphatic carbocycles. The minimum Gasteiger partial charge on any atom is -0.435 e. The van der Waals surface area contributed by atoms with E-state index >= 15 is 0 Å². The second-order valence-corrected chi connectivity index (χ2v) is 4.35. The zero-order valence-corrected chi connectivity index (χ0v) is 10.9. The number of aromatic nitrogens is 1. The van der Waals surface area contributed by atoms with Gasteiger partial charge in [0.25, 0.3) is 0 Å². The monoisotopic (exact) mass is 307 g/mol. The summed E-state index contributed by atoms with van der Waals surface area (Å²) in [7, 11) is 0. The highest BCUT2D eigenvalue weighted by Crippen LogP contribution is 2.24. The van der Waals surface area contributed by atoms with Gasteiger partial charge in [-0.15, -0.1) is 0 Å². The second kappa shape index (κ2) is 5.51. The second-order valence-electron chi connectivity index (χ2n) is 4.35. The first-order chi connectivity index (χ1) is 10.5. The number of rotatable bonds is 3. The summed E-state index contributed by atoms with van der Waals surface area (Å²) in [5.41, 5.74) is -0.508. The molecule has 3 aromatic rings. The van der Waals surface area contributed by atoms with Crippen LogP contribution in [0.25, 0.3) is 22.4 Å². The lowest BCUT2D eigenvalue weighted by Crippen LogP contribution is -2.05. The highest BCUT2D eigenvalue weighted by molar-refractivity contribution is 5.79. The molecule has 0 aliphatic rings. The summed E-state index contributed by atoms with van der Waals surface area (Å²) in [6.45, 7) is -2.97. The third-order valence-corrected chi connectivity index (χ3v) is 2.91. The van der Waals surface area contributed by atoms with Crippen LogP contribution in [-0.2, 0) is 0 Å². The Morgan fingerprint density at radius 3 is 2.68 bits per heavy atom. The van der Waals surface area contributed by atoms with Crippen molar-refractivity contribution in [1.82, 2.24) is 4.98 Å². The van der Waals surface area contributed by atoms with E-state index in [1.54, 1.807) is 0 Å². The maximum absolute atomic E-state index is 13.6. The molecule has 1 heterocycles. The molecule has 3 rings (SSSR count). The van der Waals surface area contributed by atoms with Gasteiger partial charge in [0, 0.05) is 5.56 Å². The van der Waals surface area contributed by atoms with Crippen LogP contribution < -0.4 is 10.4 Å². The molecule has 0 saturated carbocycles. The van der Waals surface area contributed by atoms with Gasteiger partial charge in [-0.05, 0) is 30.3 Å². The molecule has 0 spiro atoms. The summed E-state index contributed by atoms with van der Waals surface area (Å²) in [5.74, 6) is -0.945. The van der Waals surface area contributed by atoms with Gasteiger partial charge in [-0.1, -0.05) is 12.1 Å². The summed E-state index contributed by atoms with van der Waals surface area (Å²) in [5, 5.41) is -0.258. The summed E-state index contributed by atoms with van der Waals surface area (Å²) < 4.78 is 47.3. The Labute approximate surface area is 121 Å². The summed E-state index contributed by atoms with van der Waals surface area (Å²) in [4.78, 5) is 15.9. The van der Waals surface area contributed by atoms with Gasteiger partial charge in [0.15, 0.2) is 0 Å². The lowest BCUT2D eigenvalue weighted by Gasteiger charge is -2.06. The van der Waals surface area contributed by atoms with Gasteiger partial charge in [0.1, 0.15) is 17.0 Å². The highest BCUT2D eigenvalue weighted by atomic mass is 19.3. The summed E-state index contributed by atoms with van der Waals surface area (Å²) in [6.07, 6.45) is 0. The van der Waals surface area contributed by atoms with E-state index < -0.39 is 18.1 Å². The number of fused-ring (bicyclic) bond motifs is 1. The lowest BCUT2D eigenvalue weighted by atomic mass is 10.2. The minimum atomic E-state index is -2.97. The Morgan fingerprint density at radius 1 is 1.14 bits per heavy atom.